The lowest BCUT2D eigenvalue weighted by molar-refractivity contribution is -0.383. The summed E-state index contributed by atoms with van der Waals surface area (Å²) < 4.78 is 4.70. The van der Waals surface area contributed by atoms with Crippen LogP contribution in [-0.2, 0) is 4.74 Å². The smallest absolute Gasteiger partial charge is 0.353 e. The molecule has 0 bridgehead atoms. The van der Waals surface area contributed by atoms with E-state index in [9.17, 15) is 14.9 Å². The molecule has 0 aliphatic carbocycles. The first kappa shape index (κ1) is 16.1. The van der Waals surface area contributed by atoms with Gasteiger partial charge in [-0.2, -0.15) is 0 Å². The van der Waals surface area contributed by atoms with Gasteiger partial charge in [0.2, 0.25) is 11.6 Å². The maximum Gasteiger partial charge on any atom is 0.353 e. The Labute approximate surface area is 131 Å². The number of carbonyl (C=O) groups excluding carboxylic acids is 1. The Morgan fingerprint density at radius 1 is 1.30 bits per heavy atom. The molecule has 1 aromatic heterocycles. The van der Waals surface area contributed by atoms with Crippen LogP contribution in [0.4, 0.5) is 23.0 Å². The summed E-state index contributed by atoms with van der Waals surface area (Å²) in [6.07, 6.45) is 1.20. The third kappa shape index (κ3) is 3.51. The highest BCUT2D eigenvalue weighted by atomic mass is 16.6. The molecule has 0 spiro atoms. The molecule has 0 saturated carbocycles. The van der Waals surface area contributed by atoms with Crippen LogP contribution in [0.1, 0.15) is 17.3 Å². The van der Waals surface area contributed by atoms with Crippen molar-refractivity contribution >= 4 is 29.0 Å². The van der Waals surface area contributed by atoms with Gasteiger partial charge in [-0.25, -0.2) is 14.8 Å². The first-order chi connectivity index (χ1) is 11.1. The number of esters is 1. The monoisotopic (exact) mass is 317 g/mol. The SMILES string of the molecule is CCNc1ncnc(Nc2ccccc2C(=O)OC)c1[N+](=O)[O-]. The minimum absolute atomic E-state index is 0.0164. The van der Waals surface area contributed by atoms with Crippen molar-refractivity contribution in [2.75, 3.05) is 24.3 Å². The van der Waals surface area contributed by atoms with E-state index >= 15 is 0 Å². The predicted octanol–water partition coefficient (Wildman–Crippen LogP) is 2.35. The lowest BCUT2D eigenvalue weighted by Gasteiger charge is -2.11. The number of nitrogens with one attached hydrogen (secondary N) is 2. The van der Waals surface area contributed by atoms with Gasteiger partial charge in [0.1, 0.15) is 6.33 Å². The molecule has 1 aromatic carbocycles. The summed E-state index contributed by atoms with van der Waals surface area (Å²) in [6.45, 7) is 2.27. The van der Waals surface area contributed by atoms with Crippen LogP contribution in [0.5, 0.6) is 0 Å². The average Bonchev–Trinajstić information content (AvgIpc) is 2.55. The van der Waals surface area contributed by atoms with E-state index in [1.165, 1.54) is 13.4 Å². The molecular formula is C14H15N5O4. The zero-order valence-corrected chi connectivity index (χ0v) is 12.6. The summed E-state index contributed by atoms with van der Waals surface area (Å²) in [6, 6.07) is 6.50. The number of para-hydroxylation sites is 1. The number of benzene rings is 1. The standard InChI is InChI=1S/C14H15N5O4/c1-3-15-12-11(19(21)22)13(17-8-16-12)18-10-7-5-4-6-9(10)14(20)23-2/h4-8H,3H2,1-2H3,(H2,15,16,17,18). The lowest BCUT2D eigenvalue weighted by atomic mass is 10.2. The third-order valence-corrected chi connectivity index (χ3v) is 2.93. The van der Waals surface area contributed by atoms with Crippen LogP contribution in [-0.4, -0.2) is 34.5 Å². The van der Waals surface area contributed by atoms with Crippen LogP contribution < -0.4 is 10.6 Å². The quantitative estimate of drug-likeness (QED) is 0.473. The maximum absolute atomic E-state index is 11.8. The first-order valence-corrected chi connectivity index (χ1v) is 6.76. The molecule has 23 heavy (non-hydrogen) atoms. The van der Waals surface area contributed by atoms with Gasteiger partial charge in [0.15, 0.2) is 0 Å². The van der Waals surface area contributed by atoms with Crippen LogP contribution in [0.25, 0.3) is 0 Å². The molecule has 0 amide bonds. The number of ether oxygens (including phenoxy) is 1. The van der Waals surface area contributed by atoms with Crippen LogP contribution in [0.3, 0.4) is 0 Å². The molecule has 0 aliphatic heterocycles. The molecule has 0 radical (unpaired) electrons. The van der Waals surface area contributed by atoms with Gasteiger partial charge in [-0.05, 0) is 19.1 Å². The molecule has 2 N–H and O–H groups in total. The zero-order chi connectivity index (χ0) is 16.8. The van der Waals surface area contributed by atoms with E-state index in [0.717, 1.165) is 0 Å². The van der Waals surface area contributed by atoms with Gasteiger partial charge < -0.3 is 15.4 Å². The Kier molecular flexibility index (Phi) is 5.03. The van der Waals surface area contributed by atoms with E-state index < -0.39 is 10.9 Å². The van der Waals surface area contributed by atoms with E-state index in [0.29, 0.717) is 12.2 Å². The van der Waals surface area contributed by atoms with E-state index in [4.69, 9.17) is 4.74 Å². The van der Waals surface area contributed by atoms with Crippen molar-refractivity contribution in [1.29, 1.82) is 0 Å². The van der Waals surface area contributed by atoms with Crippen LogP contribution in [0.15, 0.2) is 30.6 Å². The number of methoxy groups -OCH3 is 1. The number of anilines is 3. The summed E-state index contributed by atoms with van der Waals surface area (Å²) in [5.74, 6) is -0.473. The first-order valence-electron chi connectivity index (χ1n) is 6.76. The topological polar surface area (TPSA) is 119 Å². The van der Waals surface area contributed by atoms with Crippen molar-refractivity contribution in [3.63, 3.8) is 0 Å². The van der Waals surface area contributed by atoms with Crippen molar-refractivity contribution in [2.45, 2.75) is 6.92 Å². The number of rotatable bonds is 6. The molecule has 0 unspecified atom stereocenters. The highest BCUT2D eigenvalue weighted by Crippen LogP contribution is 2.32. The Balaban J connectivity index is 2.47. The van der Waals surface area contributed by atoms with Gasteiger partial charge in [-0.15, -0.1) is 0 Å². The van der Waals surface area contributed by atoms with Crippen molar-refractivity contribution < 1.29 is 14.5 Å². The van der Waals surface area contributed by atoms with Crippen molar-refractivity contribution in [1.82, 2.24) is 9.97 Å². The van der Waals surface area contributed by atoms with E-state index in [2.05, 4.69) is 20.6 Å². The zero-order valence-electron chi connectivity index (χ0n) is 12.6. The van der Waals surface area contributed by atoms with Crippen molar-refractivity contribution in [3.05, 3.63) is 46.3 Å². The molecule has 120 valence electrons. The van der Waals surface area contributed by atoms with Crippen molar-refractivity contribution in [2.24, 2.45) is 0 Å². The van der Waals surface area contributed by atoms with E-state index in [1.54, 1.807) is 31.2 Å². The normalized spacial score (nSPS) is 10.0. The minimum Gasteiger partial charge on any atom is -0.465 e. The molecule has 2 aromatic rings. The summed E-state index contributed by atoms with van der Waals surface area (Å²) in [5.41, 5.74) is 0.297. The second-order valence-corrected chi connectivity index (χ2v) is 4.37. The Morgan fingerprint density at radius 2 is 2.00 bits per heavy atom. The van der Waals surface area contributed by atoms with E-state index in [-0.39, 0.29) is 22.9 Å². The van der Waals surface area contributed by atoms with Gasteiger partial charge in [0.25, 0.3) is 0 Å². The van der Waals surface area contributed by atoms with Crippen LogP contribution in [0.2, 0.25) is 0 Å². The maximum atomic E-state index is 11.8. The third-order valence-electron chi connectivity index (χ3n) is 2.93. The second kappa shape index (κ2) is 7.16. The Morgan fingerprint density at radius 3 is 2.65 bits per heavy atom. The summed E-state index contributed by atoms with van der Waals surface area (Å²) in [7, 11) is 1.26. The summed E-state index contributed by atoms with van der Waals surface area (Å²) >= 11 is 0. The van der Waals surface area contributed by atoms with E-state index in [1.807, 2.05) is 0 Å². The molecule has 0 fully saturated rings. The Bertz CT molecular complexity index is 735. The second-order valence-electron chi connectivity index (χ2n) is 4.37. The molecule has 0 saturated heterocycles. The molecule has 9 heteroatoms. The Hall–Kier alpha value is -3.23. The van der Waals surface area contributed by atoms with Crippen molar-refractivity contribution in [3.8, 4) is 0 Å². The molecule has 1 heterocycles. The highest BCUT2D eigenvalue weighted by Gasteiger charge is 2.24. The fraction of sp³-hybridized carbons (Fsp3) is 0.214. The predicted molar refractivity (Wildman–Crippen MR) is 83.9 cm³/mol. The van der Waals surface area contributed by atoms with Crippen LogP contribution in [0, 0.1) is 10.1 Å². The van der Waals surface area contributed by atoms with Gasteiger partial charge in [0, 0.05) is 6.54 Å². The number of hydrogen-bond donors (Lipinski definition) is 2. The average molecular weight is 317 g/mol. The number of hydrogen-bond acceptors (Lipinski definition) is 8. The largest absolute Gasteiger partial charge is 0.465 e. The summed E-state index contributed by atoms with van der Waals surface area (Å²) in [5, 5.41) is 16.9. The molecule has 0 atom stereocenters. The fourth-order valence-corrected chi connectivity index (χ4v) is 1.95. The molecular weight excluding hydrogens is 302 g/mol. The fourth-order valence-electron chi connectivity index (χ4n) is 1.95. The number of nitro groups is 1. The summed E-state index contributed by atoms with van der Waals surface area (Å²) in [4.78, 5) is 30.3. The number of aromatic nitrogens is 2. The van der Waals surface area contributed by atoms with Gasteiger partial charge in [0.05, 0.1) is 23.3 Å². The van der Waals surface area contributed by atoms with Crippen LogP contribution >= 0.6 is 0 Å². The molecule has 2 rings (SSSR count). The lowest BCUT2D eigenvalue weighted by Crippen LogP contribution is -2.10. The number of carbonyl (C=O) groups is 1. The molecule has 9 nitrogen and oxygen atoms in total. The minimum atomic E-state index is -0.582. The van der Waals surface area contributed by atoms with Gasteiger partial charge in [-0.1, -0.05) is 12.1 Å². The molecule has 0 aliphatic rings. The number of nitrogens with zero attached hydrogens (tertiary/aromatic N) is 3. The van der Waals surface area contributed by atoms with Gasteiger partial charge >= 0.3 is 11.7 Å². The highest BCUT2D eigenvalue weighted by molar-refractivity contribution is 5.96. The van der Waals surface area contributed by atoms with Gasteiger partial charge in [-0.3, -0.25) is 10.1 Å².